The Morgan fingerprint density at radius 1 is 1.19 bits per heavy atom. The molecule has 0 aromatic heterocycles. The summed E-state index contributed by atoms with van der Waals surface area (Å²) >= 11 is 0. The maximum Gasteiger partial charge on any atom is 0.0586 e. The van der Waals surface area contributed by atoms with E-state index in [1.54, 1.807) is 0 Å². The number of nitrogens with zero attached hydrogens (tertiary/aromatic N) is 1. The summed E-state index contributed by atoms with van der Waals surface area (Å²) in [6, 6.07) is 0.977. The van der Waals surface area contributed by atoms with Crippen LogP contribution >= 0.6 is 0 Å². The maximum atomic E-state index is 9.68. The summed E-state index contributed by atoms with van der Waals surface area (Å²) in [7, 11) is 0. The highest BCUT2D eigenvalue weighted by atomic mass is 16.3. The van der Waals surface area contributed by atoms with E-state index in [0.717, 1.165) is 12.5 Å². The molecule has 0 radical (unpaired) electrons. The van der Waals surface area contributed by atoms with Gasteiger partial charge in [0.05, 0.1) is 6.61 Å². The van der Waals surface area contributed by atoms with Crippen molar-refractivity contribution in [1.29, 1.82) is 0 Å². The van der Waals surface area contributed by atoms with Crippen molar-refractivity contribution in [3.05, 3.63) is 0 Å². The molecule has 2 N–H and O–H groups in total. The lowest BCUT2D eigenvalue weighted by atomic mass is 9.70. The van der Waals surface area contributed by atoms with E-state index in [9.17, 15) is 5.11 Å². The van der Waals surface area contributed by atoms with Crippen LogP contribution in [0.1, 0.15) is 65.7 Å². The Kier molecular flexibility index (Phi) is 6.51. The van der Waals surface area contributed by atoms with Gasteiger partial charge in [-0.2, -0.15) is 0 Å². The molecule has 2 aliphatic rings. The zero-order valence-electron chi connectivity index (χ0n) is 14.4. The van der Waals surface area contributed by atoms with Crippen molar-refractivity contribution < 1.29 is 5.11 Å². The number of rotatable bonds is 6. The molecule has 0 bridgehead atoms. The molecule has 0 spiro atoms. The fourth-order valence-electron chi connectivity index (χ4n) is 4.09. The van der Waals surface area contributed by atoms with E-state index in [-0.39, 0.29) is 0 Å². The molecule has 2 fully saturated rings. The van der Waals surface area contributed by atoms with E-state index in [4.69, 9.17) is 0 Å². The Labute approximate surface area is 131 Å². The van der Waals surface area contributed by atoms with Crippen molar-refractivity contribution in [2.45, 2.75) is 77.8 Å². The number of hydrogen-bond donors (Lipinski definition) is 2. The molecule has 124 valence electrons. The second kappa shape index (κ2) is 7.94. The SMILES string of the molecule is CC1CCC(CNC(C)C)(CN2CCCCC2CO)CC1. The molecule has 0 amide bonds. The molecule has 3 heteroatoms. The van der Waals surface area contributed by atoms with Gasteiger partial charge in [0.1, 0.15) is 0 Å². The Morgan fingerprint density at radius 2 is 1.90 bits per heavy atom. The molecule has 1 heterocycles. The summed E-state index contributed by atoms with van der Waals surface area (Å²) in [6.45, 7) is 10.7. The van der Waals surface area contributed by atoms with E-state index in [0.29, 0.717) is 24.1 Å². The largest absolute Gasteiger partial charge is 0.395 e. The summed E-state index contributed by atoms with van der Waals surface area (Å²) in [4.78, 5) is 2.60. The van der Waals surface area contributed by atoms with Gasteiger partial charge in [-0.05, 0) is 43.6 Å². The Morgan fingerprint density at radius 3 is 2.52 bits per heavy atom. The Balaban J connectivity index is 2.00. The summed E-state index contributed by atoms with van der Waals surface area (Å²) in [5.41, 5.74) is 0.432. The summed E-state index contributed by atoms with van der Waals surface area (Å²) < 4.78 is 0. The van der Waals surface area contributed by atoms with Crippen LogP contribution in [-0.4, -0.2) is 48.3 Å². The number of nitrogens with one attached hydrogen (secondary N) is 1. The summed E-state index contributed by atoms with van der Waals surface area (Å²) in [5, 5.41) is 13.4. The van der Waals surface area contributed by atoms with E-state index in [1.165, 1.54) is 58.0 Å². The fraction of sp³-hybridized carbons (Fsp3) is 1.00. The van der Waals surface area contributed by atoms with Gasteiger partial charge in [-0.1, -0.05) is 40.0 Å². The van der Waals surface area contributed by atoms with Crippen LogP contribution < -0.4 is 5.32 Å². The molecule has 2 rings (SSSR count). The van der Waals surface area contributed by atoms with Gasteiger partial charge < -0.3 is 10.4 Å². The van der Waals surface area contributed by atoms with Crippen LogP contribution in [0.3, 0.4) is 0 Å². The third kappa shape index (κ3) is 4.94. The second-order valence-corrected chi connectivity index (χ2v) is 8.02. The fourth-order valence-corrected chi connectivity index (χ4v) is 4.09. The lowest BCUT2D eigenvalue weighted by molar-refractivity contribution is 0.0241. The summed E-state index contributed by atoms with van der Waals surface area (Å²) in [6.07, 6.45) is 9.22. The average molecular weight is 296 g/mol. The van der Waals surface area contributed by atoms with Crippen LogP contribution in [0.4, 0.5) is 0 Å². The van der Waals surface area contributed by atoms with Gasteiger partial charge >= 0.3 is 0 Å². The van der Waals surface area contributed by atoms with E-state index < -0.39 is 0 Å². The maximum absolute atomic E-state index is 9.68. The third-order valence-electron chi connectivity index (χ3n) is 5.72. The molecule has 21 heavy (non-hydrogen) atoms. The monoisotopic (exact) mass is 296 g/mol. The van der Waals surface area contributed by atoms with Gasteiger partial charge in [0.25, 0.3) is 0 Å². The number of hydrogen-bond acceptors (Lipinski definition) is 3. The molecule has 1 aliphatic carbocycles. The van der Waals surface area contributed by atoms with E-state index in [1.807, 2.05) is 0 Å². The lowest BCUT2D eigenvalue weighted by Gasteiger charge is -2.46. The van der Waals surface area contributed by atoms with E-state index in [2.05, 4.69) is 31.0 Å². The van der Waals surface area contributed by atoms with Crippen LogP contribution in [0.25, 0.3) is 0 Å². The molecular formula is C18H36N2O. The predicted octanol–water partition coefficient (Wildman–Crippen LogP) is 3.03. The Hall–Kier alpha value is -0.120. The van der Waals surface area contributed by atoms with Crippen molar-refractivity contribution in [3.63, 3.8) is 0 Å². The van der Waals surface area contributed by atoms with Crippen molar-refractivity contribution in [2.75, 3.05) is 26.2 Å². The minimum absolute atomic E-state index is 0.337. The van der Waals surface area contributed by atoms with Gasteiger partial charge in [0.2, 0.25) is 0 Å². The van der Waals surface area contributed by atoms with Crippen molar-refractivity contribution >= 4 is 0 Å². The van der Waals surface area contributed by atoms with Gasteiger partial charge in [0, 0.05) is 25.2 Å². The zero-order valence-corrected chi connectivity index (χ0v) is 14.4. The number of piperidine rings is 1. The first-order valence-electron chi connectivity index (χ1n) is 9.13. The molecule has 1 saturated carbocycles. The number of aliphatic hydroxyl groups is 1. The lowest BCUT2D eigenvalue weighted by Crippen LogP contribution is -2.52. The van der Waals surface area contributed by atoms with Gasteiger partial charge in [-0.15, -0.1) is 0 Å². The third-order valence-corrected chi connectivity index (χ3v) is 5.72. The molecule has 0 aromatic carbocycles. The summed E-state index contributed by atoms with van der Waals surface area (Å²) in [5.74, 6) is 0.896. The minimum Gasteiger partial charge on any atom is -0.395 e. The molecular weight excluding hydrogens is 260 g/mol. The van der Waals surface area contributed by atoms with Gasteiger partial charge in [0.15, 0.2) is 0 Å². The smallest absolute Gasteiger partial charge is 0.0586 e. The van der Waals surface area contributed by atoms with Crippen molar-refractivity contribution in [3.8, 4) is 0 Å². The highest BCUT2D eigenvalue weighted by Crippen LogP contribution is 2.40. The standard InChI is InChI=1S/C18H36N2O/c1-15(2)19-13-18(9-7-16(3)8-10-18)14-20-11-5-4-6-17(20)12-21/h15-17,19,21H,4-14H2,1-3H3. The predicted molar refractivity (Wildman–Crippen MR) is 89.5 cm³/mol. The molecule has 1 atom stereocenters. The molecule has 1 aliphatic heterocycles. The molecule has 3 nitrogen and oxygen atoms in total. The van der Waals surface area contributed by atoms with Crippen LogP contribution in [0.2, 0.25) is 0 Å². The van der Waals surface area contributed by atoms with Crippen LogP contribution in [0.15, 0.2) is 0 Å². The number of aliphatic hydroxyl groups excluding tert-OH is 1. The zero-order chi connectivity index (χ0) is 15.3. The van der Waals surface area contributed by atoms with Gasteiger partial charge in [-0.25, -0.2) is 0 Å². The Bertz CT molecular complexity index is 298. The normalized spacial score (nSPS) is 35.3. The minimum atomic E-state index is 0.337. The molecule has 0 aromatic rings. The van der Waals surface area contributed by atoms with Crippen molar-refractivity contribution in [1.82, 2.24) is 10.2 Å². The molecule has 1 saturated heterocycles. The highest BCUT2D eigenvalue weighted by Gasteiger charge is 2.37. The first-order valence-corrected chi connectivity index (χ1v) is 9.13. The molecule has 1 unspecified atom stereocenters. The quantitative estimate of drug-likeness (QED) is 0.791. The average Bonchev–Trinajstić information content (AvgIpc) is 2.49. The first-order chi connectivity index (χ1) is 10.0. The topological polar surface area (TPSA) is 35.5 Å². The van der Waals surface area contributed by atoms with Crippen LogP contribution in [0.5, 0.6) is 0 Å². The van der Waals surface area contributed by atoms with Crippen LogP contribution in [0, 0.1) is 11.3 Å². The van der Waals surface area contributed by atoms with Gasteiger partial charge in [-0.3, -0.25) is 4.90 Å². The van der Waals surface area contributed by atoms with E-state index >= 15 is 0 Å². The second-order valence-electron chi connectivity index (χ2n) is 8.02. The van der Waals surface area contributed by atoms with Crippen molar-refractivity contribution in [2.24, 2.45) is 11.3 Å². The first kappa shape index (κ1) is 17.2. The highest BCUT2D eigenvalue weighted by molar-refractivity contribution is 4.92. The van der Waals surface area contributed by atoms with Crippen LogP contribution in [-0.2, 0) is 0 Å². The number of likely N-dealkylation sites (tertiary alicyclic amines) is 1.